The summed E-state index contributed by atoms with van der Waals surface area (Å²) in [4.78, 5) is 4.48. The second-order valence-corrected chi connectivity index (χ2v) is 5.63. The van der Waals surface area contributed by atoms with E-state index in [9.17, 15) is 0 Å². The fourth-order valence-corrected chi connectivity index (χ4v) is 2.74. The van der Waals surface area contributed by atoms with Gasteiger partial charge in [0, 0.05) is 17.1 Å². The molecule has 0 radical (unpaired) electrons. The minimum atomic E-state index is 0.692. The largest absolute Gasteiger partial charge is 0.367 e. The van der Waals surface area contributed by atoms with E-state index in [0.717, 1.165) is 41.6 Å². The summed E-state index contributed by atoms with van der Waals surface area (Å²) >= 11 is 5.99. The first kappa shape index (κ1) is 14.0. The zero-order valence-electron chi connectivity index (χ0n) is 12.3. The van der Waals surface area contributed by atoms with Crippen molar-refractivity contribution in [2.45, 2.75) is 0 Å². The average Bonchev–Trinajstić information content (AvgIpc) is 3.25. The number of amidine groups is 1. The van der Waals surface area contributed by atoms with Crippen molar-refractivity contribution in [2.24, 2.45) is 4.99 Å². The molecule has 0 fully saturated rings. The van der Waals surface area contributed by atoms with Crippen molar-refractivity contribution >= 4 is 17.4 Å². The Labute approximate surface area is 138 Å². The SMILES string of the molecule is Clc1ccc(-n2nnc(C3=NCCN3)c2-c2ccccc2)cc1. The summed E-state index contributed by atoms with van der Waals surface area (Å²) in [7, 11) is 0. The second kappa shape index (κ2) is 5.85. The predicted octanol–water partition coefficient (Wildman–Crippen LogP) is 2.94. The normalized spacial score (nSPS) is 13.7. The lowest BCUT2D eigenvalue weighted by Gasteiger charge is -2.09. The minimum Gasteiger partial charge on any atom is -0.367 e. The van der Waals surface area contributed by atoms with Gasteiger partial charge in [-0.1, -0.05) is 47.1 Å². The van der Waals surface area contributed by atoms with Crippen LogP contribution in [0.5, 0.6) is 0 Å². The Hall–Kier alpha value is -2.66. The van der Waals surface area contributed by atoms with Crippen molar-refractivity contribution in [1.29, 1.82) is 0 Å². The molecule has 23 heavy (non-hydrogen) atoms. The molecule has 4 rings (SSSR count). The number of benzene rings is 2. The molecule has 0 spiro atoms. The van der Waals surface area contributed by atoms with E-state index in [1.165, 1.54) is 0 Å². The number of hydrogen-bond acceptors (Lipinski definition) is 4. The topological polar surface area (TPSA) is 55.1 Å². The highest BCUT2D eigenvalue weighted by Gasteiger charge is 2.22. The van der Waals surface area contributed by atoms with Crippen molar-refractivity contribution < 1.29 is 0 Å². The van der Waals surface area contributed by atoms with E-state index >= 15 is 0 Å². The van der Waals surface area contributed by atoms with Gasteiger partial charge in [-0.05, 0) is 24.3 Å². The van der Waals surface area contributed by atoms with Gasteiger partial charge in [-0.3, -0.25) is 4.99 Å². The van der Waals surface area contributed by atoms with Gasteiger partial charge in [0.15, 0.2) is 11.5 Å². The maximum atomic E-state index is 5.99. The third kappa shape index (κ3) is 2.59. The van der Waals surface area contributed by atoms with Crippen LogP contribution in [0.25, 0.3) is 16.9 Å². The quantitative estimate of drug-likeness (QED) is 0.806. The van der Waals surface area contributed by atoms with E-state index in [-0.39, 0.29) is 0 Å². The first-order valence-corrected chi connectivity index (χ1v) is 7.76. The molecule has 6 heteroatoms. The molecule has 3 aromatic rings. The van der Waals surface area contributed by atoms with Gasteiger partial charge in [-0.15, -0.1) is 5.10 Å². The van der Waals surface area contributed by atoms with Gasteiger partial charge < -0.3 is 5.32 Å². The van der Waals surface area contributed by atoms with Gasteiger partial charge in [0.2, 0.25) is 0 Å². The van der Waals surface area contributed by atoms with E-state index in [1.54, 1.807) is 0 Å². The summed E-state index contributed by atoms with van der Waals surface area (Å²) in [6.45, 7) is 1.59. The molecule has 1 N–H and O–H groups in total. The van der Waals surface area contributed by atoms with Crippen LogP contribution in [0.15, 0.2) is 59.6 Å². The molecule has 0 atom stereocenters. The smallest absolute Gasteiger partial charge is 0.156 e. The van der Waals surface area contributed by atoms with E-state index < -0.39 is 0 Å². The number of aliphatic imine (C=N–C) groups is 1. The molecule has 1 aromatic heterocycles. The van der Waals surface area contributed by atoms with Crippen LogP contribution >= 0.6 is 11.6 Å². The molecular weight excluding hydrogens is 310 g/mol. The molecule has 5 nitrogen and oxygen atoms in total. The highest BCUT2D eigenvalue weighted by atomic mass is 35.5. The first-order chi connectivity index (χ1) is 11.3. The van der Waals surface area contributed by atoms with E-state index in [2.05, 4.69) is 20.6 Å². The van der Waals surface area contributed by atoms with Crippen LogP contribution in [-0.4, -0.2) is 33.9 Å². The standard InChI is InChI=1S/C17H14ClN5/c18-13-6-8-14(9-7-13)23-16(12-4-2-1-3-5-12)15(21-22-23)17-19-10-11-20-17/h1-9H,10-11H2,(H,19,20). The number of halogens is 1. The number of aromatic nitrogens is 3. The third-order valence-electron chi connectivity index (χ3n) is 3.69. The van der Waals surface area contributed by atoms with Crippen LogP contribution in [0.3, 0.4) is 0 Å². The van der Waals surface area contributed by atoms with Gasteiger partial charge in [0.05, 0.1) is 12.2 Å². The summed E-state index contributed by atoms with van der Waals surface area (Å²) in [5.41, 5.74) is 3.63. The van der Waals surface area contributed by atoms with Gasteiger partial charge >= 0.3 is 0 Å². The van der Waals surface area contributed by atoms with Crippen LogP contribution in [0.1, 0.15) is 5.69 Å². The van der Waals surface area contributed by atoms with Gasteiger partial charge in [0.25, 0.3) is 0 Å². The molecule has 0 bridgehead atoms. The van der Waals surface area contributed by atoms with Crippen LogP contribution in [-0.2, 0) is 0 Å². The lowest BCUT2D eigenvalue weighted by atomic mass is 10.1. The van der Waals surface area contributed by atoms with E-state index in [1.807, 2.05) is 59.3 Å². The number of nitrogens with one attached hydrogen (secondary N) is 1. The highest BCUT2D eigenvalue weighted by Crippen LogP contribution is 2.26. The first-order valence-electron chi connectivity index (χ1n) is 7.39. The Kier molecular flexibility index (Phi) is 3.55. The Morgan fingerprint density at radius 3 is 2.48 bits per heavy atom. The molecule has 1 aliphatic heterocycles. The Morgan fingerprint density at radius 1 is 1.00 bits per heavy atom. The van der Waals surface area contributed by atoms with Gasteiger partial charge in [0.1, 0.15) is 5.69 Å². The van der Waals surface area contributed by atoms with Crippen molar-refractivity contribution in [3.63, 3.8) is 0 Å². The molecular formula is C17H14ClN5. The molecule has 2 heterocycles. The number of nitrogens with zero attached hydrogens (tertiary/aromatic N) is 4. The van der Waals surface area contributed by atoms with Gasteiger partial charge in [-0.2, -0.15) is 0 Å². The molecule has 0 saturated heterocycles. The monoisotopic (exact) mass is 323 g/mol. The zero-order valence-corrected chi connectivity index (χ0v) is 13.0. The lowest BCUT2D eigenvalue weighted by Crippen LogP contribution is -2.20. The maximum absolute atomic E-state index is 5.99. The summed E-state index contributed by atoms with van der Waals surface area (Å²) in [6, 6.07) is 17.6. The zero-order chi connectivity index (χ0) is 15.6. The highest BCUT2D eigenvalue weighted by molar-refractivity contribution is 6.30. The molecule has 114 valence electrons. The molecule has 0 amide bonds. The van der Waals surface area contributed by atoms with Crippen LogP contribution in [0, 0.1) is 0 Å². The van der Waals surface area contributed by atoms with E-state index in [0.29, 0.717) is 5.02 Å². The molecule has 2 aromatic carbocycles. The Balaban J connectivity index is 1.91. The molecule has 0 saturated carbocycles. The summed E-state index contributed by atoms with van der Waals surface area (Å²) in [5, 5.41) is 12.7. The molecule has 0 aliphatic carbocycles. The third-order valence-corrected chi connectivity index (χ3v) is 3.94. The summed E-state index contributed by atoms with van der Waals surface area (Å²) in [6.07, 6.45) is 0. The van der Waals surface area contributed by atoms with Crippen LogP contribution in [0.4, 0.5) is 0 Å². The minimum absolute atomic E-state index is 0.692. The Bertz CT molecular complexity index is 852. The number of rotatable bonds is 3. The van der Waals surface area contributed by atoms with Gasteiger partial charge in [-0.25, -0.2) is 4.68 Å². The molecule has 0 unspecified atom stereocenters. The van der Waals surface area contributed by atoms with Crippen molar-refractivity contribution in [3.8, 4) is 16.9 Å². The maximum Gasteiger partial charge on any atom is 0.156 e. The molecule has 1 aliphatic rings. The second-order valence-electron chi connectivity index (χ2n) is 5.20. The fourth-order valence-electron chi connectivity index (χ4n) is 2.62. The number of hydrogen-bond donors (Lipinski definition) is 1. The van der Waals surface area contributed by atoms with Crippen molar-refractivity contribution in [2.75, 3.05) is 13.1 Å². The Morgan fingerprint density at radius 2 is 1.78 bits per heavy atom. The van der Waals surface area contributed by atoms with Crippen LogP contribution < -0.4 is 5.32 Å². The summed E-state index contributed by atoms with van der Waals surface area (Å²) in [5.74, 6) is 0.795. The predicted molar refractivity (Wildman–Crippen MR) is 91.2 cm³/mol. The average molecular weight is 324 g/mol. The van der Waals surface area contributed by atoms with Crippen molar-refractivity contribution in [1.82, 2.24) is 20.3 Å². The van der Waals surface area contributed by atoms with E-state index in [4.69, 9.17) is 11.6 Å². The fraction of sp³-hybridized carbons (Fsp3) is 0.118. The van der Waals surface area contributed by atoms with Crippen LogP contribution in [0.2, 0.25) is 5.02 Å². The summed E-state index contributed by atoms with van der Waals surface area (Å²) < 4.78 is 1.82. The van der Waals surface area contributed by atoms with Crippen molar-refractivity contribution in [3.05, 3.63) is 65.3 Å². The lowest BCUT2D eigenvalue weighted by molar-refractivity contribution is 0.807.